The van der Waals surface area contributed by atoms with Crippen LogP contribution in [0.3, 0.4) is 0 Å². The highest BCUT2D eigenvalue weighted by molar-refractivity contribution is 9.10. The van der Waals surface area contributed by atoms with Crippen molar-refractivity contribution in [1.82, 2.24) is 0 Å². The molecule has 2 N–H and O–H groups in total. The summed E-state index contributed by atoms with van der Waals surface area (Å²) in [7, 11) is 0. The highest BCUT2D eigenvalue weighted by Crippen LogP contribution is 2.37. The van der Waals surface area contributed by atoms with Crippen molar-refractivity contribution in [3.05, 3.63) is 52.0 Å². The van der Waals surface area contributed by atoms with Crippen molar-refractivity contribution in [2.75, 3.05) is 13.4 Å². The van der Waals surface area contributed by atoms with Gasteiger partial charge < -0.3 is 19.9 Å². The Bertz CT molecular complexity index is 660. The Kier molecular flexibility index (Phi) is 4.03. The van der Waals surface area contributed by atoms with Gasteiger partial charge in [-0.15, -0.1) is 0 Å². The van der Waals surface area contributed by atoms with Crippen LogP contribution in [-0.4, -0.2) is 13.4 Å². The molecule has 3 rings (SSSR count). The molecule has 110 valence electrons. The average Bonchev–Trinajstić information content (AvgIpc) is 2.96. The van der Waals surface area contributed by atoms with Crippen LogP contribution in [0.1, 0.15) is 24.1 Å². The van der Waals surface area contributed by atoms with Gasteiger partial charge in [0.25, 0.3) is 0 Å². The van der Waals surface area contributed by atoms with Crippen LogP contribution in [0.25, 0.3) is 0 Å². The molecule has 1 heterocycles. The van der Waals surface area contributed by atoms with E-state index in [4.69, 9.17) is 19.9 Å². The summed E-state index contributed by atoms with van der Waals surface area (Å²) in [5, 5.41) is 0. The van der Waals surface area contributed by atoms with E-state index in [2.05, 4.69) is 15.9 Å². The molecule has 0 saturated carbocycles. The Morgan fingerprint density at radius 2 is 2.00 bits per heavy atom. The summed E-state index contributed by atoms with van der Waals surface area (Å²) in [6.45, 7) is 2.82. The topological polar surface area (TPSA) is 53.7 Å². The van der Waals surface area contributed by atoms with E-state index in [9.17, 15) is 0 Å². The number of hydrogen-bond donors (Lipinski definition) is 1. The lowest BCUT2D eigenvalue weighted by molar-refractivity contribution is 0.174. The minimum atomic E-state index is -0.293. The lowest BCUT2D eigenvalue weighted by Crippen LogP contribution is -2.13. The van der Waals surface area contributed by atoms with Crippen molar-refractivity contribution in [2.45, 2.75) is 13.0 Å². The number of nitrogens with two attached hydrogens (primary N) is 1. The van der Waals surface area contributed by atoms with Crippen molar-refractivity contribution in [3.8, 4) is 17.2 Å². The van der Waals surface area contributed by atoms with Crippen LogP contribution in [-0.2, 0) is 0 Å². The Morgan fingerprint density at radius 1 is 1.19 bits per heavy atom. The number of benzene rings is 2. The third-order valence-electron chi connectivity index (χ3n) is 3.36. The van der Waals surface area contributed by atoms with E-state index in [1.807, 2.05) is 43.3 Å². The molecule has 2 aromatic rings. The van der Waals surface area contributed by atoms with Crippen LogP contribution in [0.15, 0.2) is 40.9 Å². The quantitative estimate of drug-likeness (QED) is 0.915. The fraction of sp³-hybridized carbons (Fsp3) is 0.250. The fourth-order valence-electron chi connectivity index (χ4n) is 2.34. The number of hydrogen-bond acceptors (Lipinski definition) is 4. The number of fused-ring (bicyclic) bond motifs is 1. The molecule has 1 atom stereocenters. The second-order valence-corrected chi connectivity index (χ2v) is 5.62. The first-order chi connectivity index (χ1) is 10.2. The lowest BCUT2D eigenvalue weighted by atomic mass is 9.98. The zero-order valence-electron chi connectivity index (χ0n) is 11.6. The van der Waals surface area contributed by atoms with E-state index in [-0.39, 0.29) is 12.8 Å². The molecule has 0 aliphatic carbocycles. The third kappa shape index (κ3) is 2.84. The predicted octanol–water partition coefficient (Wildman–Crippen LogP) is 3.62. The largest absolute Gasteiger partial charge is 0.494 e. The van der Waals surface area contributed by atoms with E-state index in [0.717, 1.165) is 32.8 Å². The van der Waals surface area contributed by atoms with Gasteiger partial charge >= 0.3 is 0 Å². The third-order valence-corrected chi connectivity index (χ3v) is 3.86. The highest BCUT2D eigenvalue weighted by Gasteiger charge is 2.19. The molecule has 1 unspecified atom stereocenters. The van der Waals surface area contributed by atoms with Crippen LogP contribution < -0.4 is 19.9 Å². The molecule has 0 bridgehead atoms. The van der Waals surface area contributed by atoms with E-state index >= 15 is 0 Å². The monoisotopic (exact) mass is 349 g/mol. The zero-order valence-corrected chi connectivity index (χ0v) is 13.2. The standard InChI is InChI=1S/C16H16BrNO3/c1-2-19-13-6-4-11(17)8-12(13)16(18)10-3-5-14-15(7-10)21-9-20-14/h3-8,16H,2,9,18H2,1H3. The van der Waals surface area contributed by atoms with Gasteiger partial charge in [-0.05, 0) is 42.8 Å². The SMILES string of the molecule is CCOc1ccc(Br)cc1C(N)c1ccc2c(c1)OCO2. The van der Waals surface area contributed by atoms with Crippen molar-refractivity contribution in [2.24, 2.45) is 5.73 Å². The van der Waals surface area contributed by atoms with Gasteiger partial charge in [-0.3, -0.25) is 0 Å². The molecule has 0 saturated heterocycles. The van der Waals surface area contributed by atoms with Gasteiger partial charge in [0.15, 0.2) is 11.5 Å². The molecule has 1 aliphatic rings. The maximum absolute atomic E-state index is 6.41. The van der Waals surface area contributed by atoms with Gasteiger partial charge in [0.05, 0.1) is 12.6 Å². The van der Waals surface area contributed by atoms with Gasteiger partial charge in [-0.1, -0.05) is 22.0 Å². The van der Waals surface area contributed by atoms with E-state index < -0.39 is 0 Å². The zero-order chi connectivity index (χ0) is 14.8. The van der Waals surface area contributed by atoms with Crippen LogP contribution in [0.4, 0.5) is 0 Å². The Labute approximate surface area is 131 Å². The van der Waals surface area contributed by atoms with Gasteiger partial charge in [-0.25, -0.2) is 0 Å². The minimum absolute atomic E-state index is 0.259. The van der Waals surface area contributed by atoms with Crippen LogP contribution in [0.5, 0.6) is 17.2 Å². The highest BCUT2D eigenvalue weighted by atomic mass is 79.9. The molecule has 0 radical (unpaired) electrons. The van der Waals surface area contributed by atoms with Crippen molar-refractivity contribution >= 4 is 15.9 Å². The lowest BCUT2D eigenvalue weighted by Gasteiger charge is -2.17. The van der Waals surface area contributed by atoms with Gasteiger partial charge in [0.1, 0.15) is 5.75 Å². The molecule has 4 nitrogen and oxygen atoms in total. The van der Waals surface area contributed by atoms with Crippen molar-refractivity contribution in [3.63, 3.8) is 0 Å². The molecule has 1 aliphatic heterocycles. The maximum atomic E-state index is 6.41. The molecular formula is C16H16BrNO3. The van der Waals surface area contributed by atoms with Gasteiger partial charge in [-0.2, -0.15) is 0 Å². The minimum Gasteiger partial charge on any atom is -0.494 e. The number of rotatable bonds is 4. The van der Waals surface area contributed by atoms with Gasteiger partial charge in [0.2, 0.25) is 6.79 Å². The summed E-state index contributed by atoms with van der Waals surface area (Å²) in [6, 6.07) is 11.3. The Morgan fingerprint density at radius 3 is 2.81 bits per heavy atom. The molecule has 21 heavy (non-hydrogen) atoms. The summed E-state index contributed by atoms with van der Waals surface area (Å²) in [4.78, 5) is 0. The normalized spacial score (nSPS) is 14.0. The summed E-state index contributed by atoms with van der Waals surface area (Å²) in [5.41, 5.74) is 8.31. The van der Waals surface area contributed by atoms with E-state index in [0.29, 0.717) is 6.61 Å². The van der Waals surface area contributed by atoms with E-state index in [1.165, 1.54) is 0 Å². The molecule has 0 fully saturated rings. The molecule has 0 amide bonds. The van der Waals surface area contributed by atoms with Crippen LogP contribution in [0.2, 0.25) is 0 Å². The fourth-order valence-corrected chi connectivity index (χ4v) is 2.71. The Balaban J connectivity index is 1.97. The smallest absolute Gasteiger partial charge is 0.231 e. The van der Waals surface area contributed by atoms with E-state index in [1.54, 1.807) is 0 Å². The molecule has 2 aromatic carbocycles. The number of ether oxygens (including phenoxy) is 3. The molecular weight excluding hydrogens is 334 g/mol. The van der Waals surface area contributed by atoms with Crippen molar-refractivity contribution in [1.29, 1.82) is 0 Å². The first kappa shape index (κ1) is 14.2. The van der Waals surface area contributed by atoms with Gasteiger partial charge in [0, 0.05) is 10.0 Å². The maximum Gasteiger partial charge on any atom is 0.231 e. The average molecular weight is 350 g/mol. The summed E-state index contributed by atoms with van der Waals surface area (Å²) in [6.07, 6.45) is 0. The van der Waals surface area contributed by atoms with Crippen LogP contribution >= 0.6 is 15.9 Å². The second kappa shape index (κ2) is 5.95. The summed E-state index contributed by atoms with van der Waals surface area (Å²) < 4.78 is 17.4. The first-order valence-electron chi connectivity index (χ1n) is 6.76. The Hall–Kier alpha value is -1.72. The summed E-state index contributed by atoms with van der Waals surface area (Å²) in [5.74, 6) is 2.28. The second-order valence-electron chi connectivity index (χ2n) is 4.71. The number of halogens is 1. The molecule has 0 aromatic heterocycles. The molecule has 5 heteroatoms. The molecule has 0 spiro atoms. The predicted molar refractivity (Wildman–Crippen MR) is 83.9 cm³/mol. The first-order valence-corrected chi connectivity index (χ1v) is 7.55. The van der Waals surface area contributed by atoms with Crippen LogP contribution in [0, 0.1) is 0 Å². The van der Waals surface area contributed by atoms with Crippen molar-refractivity contribution < 1.29 is 14.2 Å². The summed E-state index contributed by atoms with van der Waals surface area (Å²) >= 11 is 3.48.